The zero-order valence-electron chi connectivity index (χ0n) is 8.46. The second-order valence-corrected chi connectivity index (χ2v) is 3.83. The molecule has 0 aliphatic heterocycles. The zero-order valence-corrected chi connectivity index (χ0v) is 9.28. The smallest absolute Gasteiger partial charge is 0.120 e. The normalized spacial score (nSPS) is 10.1. The summed E-state index contributed by atoms with van der Waals surface area (Å²) in [4.78, 5) is 1.30. The van der Waals surface area contributed by atoms with Crippen molar-refractivity contribution >= 4 is 11.8 Å². The molecular formula is C11H16OS. The third kappa shape index (κ3) is 2.96. The molecule has 0 amide bonds. The van der Waals surface area contributed by atoms with Crippen molar-refractivity contribution in [3.8, 4) is 5.75 Å². The van der Waals surface area contributed by atoms with Gasteiger partial charge in [-0.25, -0.2) is 0 Å². The lowest BCUT2D eigenvalue weighted by molar-refractivity contribution is 0.316. The van der Waals surface area contributed by atoms with Crippen LogP contribution in [0.25, 0.3) is 0 Å². The van der Waals surface area contributed by atoms with E-state index in [0.717, 1.165) is 18.8 Å². The molecule has 13 heavy (non-hydrogen) atoms. The van der Waals surface area contributed by atoms with E-state index in [1.165, 1.54) is 10.5 Å². The number of rotatable bonds is 4. The summed E-state index contributed by atoms with van der Waals surface area (Å²) in [7, 11) is 0. The molecule has 0 N–H and O–H groups in total. The van der Waals surface area contributed by atoms with Gasteiger partial charge in [0.05, 0.1) is 6.61 Å². The van der Waals surface area contributed by atoms with Crippen molar-refractivity contribution in [2.75, 3.05) is 12.9 Å². The van der Waals surface area contributed by atoms with E-state index in [-0.39, 0.29) is 0 Å². The topological polar surface area (TPSA) is 9.23 Å². The second-order valence-electron chi connectivity index (χ2n) is 2.98. The lowest BCUT2D eigenvalue weighted by Crippen LogP contribution is -1.95. The maximum Gasteiger partial charge on any atom is 0.120 e. The summed E-state index contributed by atoms with van der Waals surface area (Å²) in [5, 5.41) is 0. The highest BCUT2D eigenvalue weighted by atomic mass is 32.2. The first-order valence-corrected chi connectivity index (χ1v) is 5.78. The van der Waals surface area contributed by atoms with Crippen molar-refractivity contribution < 1.29 is 4.74 Å². The van der Waals surface area contributed by atoms with E-state index in [1.54, 1.807) is 11.8 Å². The van der Waals surface area contributed by atoms with Gasteiger partial charge in [0.15, 0.2) is 0 Å². The molecule has 0 heterocycles. The molecule has 1 aromatic rings. The average Bonchev–Trinajstić information content (AvgIpc) is 2.16. The molecular weight excluding hydrogens is 180 g/mol. The van der Waals surface area contributed by atoms with Crippen molar-refractivity contribution in [1.29, 1.82) is 0 Å². The molecule has 0 aliphatic rings. The van der Waals surface area contributed by atoms with Crippen LogP contribution >= 0.6 is 11.8 Å². The van der Waals surface area contributed by atoms with Crippen LogP contribution in [0.15, 0.2) is 23.1 Å². The molecule has 0 aliphatic carbocycles. The minimum Gasteiger partial charge on any atom is -0.494 e. The zero-order chi connectivity index (χ0) is 9.68. The van der Waals surface area contributed by atoms with Gasteiger partial charge in [-0.1, -0.05) is 13.0 Å². The van der Waals surface area contributed by atoms with Crippen LogP contribution in [-0.4, -0.2) is 12.9 Å². The van der Waals surface area contributed by atoms with Gasteiger partial charge in [-0.2, -0.15) is 0 Å². The minimum absolute atomic E-state index is 0.802. The molecule has 0 aromatic heterocycles. The van der Waals surface area contributed by atoms with Crippen molar-refractivity contribution in [2.45, 2.75) is 25.2 Å². The van der Waals surface area contributed by atoms with Gasteiger partial charge in [-0.3, -0.25) is 0 Å². The van der Waals surface area contributed by atoms with Gasteiger partial charge in [0, 0.05) is 4.90 Å². The molecule has 0 unspecified atom stereocenters. The Morgan fingerprint density at radius 1 is 1.38 bits per heavy atom. The number of thioether (sulfide) groups is 1. The molecule has 0 saturated carbocycles. The summed E-state index contributed by atoms with van der Waals surface area (Å²) in [6.45, 7) is 5.04. The van der Waals surface area contributed by atoms with Crippen molar-refractivity contribution in [2.24, 2.45) is 0 Å². The monoisotopic (exact) mass is 196 g/mol. The van der Waals surface area contributed by atoms with E-state index in [2.05, 4.69) is 32.2 Å². The highest BCUT2D eigenvalue weighted by molar-refractivity contribution is 7.98. The highest BCUT2D eigenvalue weighted by Crippen LogP contribution is 2.24. The maximum atomic E-state index is 5.54. The van der Waals surface area contributed by atoms with E-state index >= 15 is 0 Å². The van der Waals surface area contributed by atoms with Gasteiger partial charge in [0.25, 0.3) is 0 Å². The van der Waals surface area contributed by atoms with Gasteiger partial charge < -0.3 is 4.74 Å². The van der Waals surface area contributed by atoms with Crippen LogP contribution in [-0.2, 0) is 0 Å². The highest BCUT2D eigenvalue weighted by Gasteiger charge is 1.99. The predicted octanol–water partition coefficient (Wildman–Crippen LogP) is 3.51. The third-order valence-electron chi connectivity index (χ3n) is 1.85. The van der Waals surface area contributed by atoms with E-state index in [1.807, 2.05) is 6.07 Å². The summed E-state index contributed by atoms with van der Waals surface area (Å²) in [5.41, 5.74) is 1.32. The summed E-state index contributed by atoms with van der Waals surface area (Å²) < 4.78 is 5.54. The third-order valence-corrected chi connectivity index (χ3v) is 2.73. The van der Waals surface area contributed by atoms with Gasteiger partial charge in [-0.15, -0.1) is 11.8 Å². The number of benzene rings is 1. The summed E-state index contributed by atoms with van der Waals surface area (Å²) in [6, 6.07) is 6.25. The fourth-order valence-electron chi connectivity index (χ4n) is 1.11. The Morgan fingerprint density at radius 3 is 2.77 bits per heavy atom. The average molecular weight is 196 g/mol. The van der Waals surface area contributed by atoms with Crippen LogP contribution in [0.2, 0.25) is 0 Å². The van der Waals surface area contributed by atoms with Crippen LogP contribution in [0.4, 0.5) is 0 Å². The second kappa shape index (κ2) is 5.18. The molecule has 72 valence electrons. The fourth-order valence-corrected chi connectivity index (χ4v) is 1.73. The van der Waals surface area contributed by atoms with E-state index < -0.39 is 0 Å². The molecule has 0 fully saturated rings. The molecule has 0 spiro atoms. The number of hydrogen-bond acceptors (Lipinski definition) is 2. The maximum absolute atomic E-state index is 5.54. The molecule has 0 atom stereocenters. The Bertz CT molecular complexity index is 271. The summed E-state index contributed by atoms with van der Waals surface area (Å²) in [6.07, 6.45) is 3.15. The Balaban J connectivity index is 2.74. The Kier molecular flexibility index (Phi) is 4.16. The molecule has 2 heteroatoms. The van der Waals surface area contributed by atoms with Crippen LogP contribution in [0, 0.1) is 6.92 Å². The molecule has 1 aromatic carbocycles. The van der Waals surface area contributed by atoms with Gasteiger partial charge in [0.2, 0.25) is 0 Å². The Labute approximate surface area is 84.5 Å². The fraction of sp³-hybridized carbons (Fsp3) is 0.455. The van der Waals surface area contributed by atoms with Crippen LogP contribution in [0.3, 0.4) is 0 Å². The van der Waals surface area contributed by atoms with Gasteiger partial charge in [-0.05, 0) is 37.3 Å². The van der Waals surface area contributed by atoms with Gasteiger partial charge >= 0.3 is 0 Å². The molecule has 0 radical (unpaired) electrons. The molecule has 0 bridgehead atoms. The van der Waals surface area contributed by atoms with Crippen molar-refractivity contribution in [1.82, 2.24) is 0 Å². The standard InChI is InChI=1S/C11H16OS/c1-4-7-12-10-6-5-9(2)11(8-10)13-3/h5-6,8H,4,7H2,1-3H3. The van der Waals surface area contributed by atoms with E-state index in [4.69, 9.17) is 4.74 Å². The largest absolute Gasteiger partial charge is 0.494 e. The minimum atomic E-state index is 0.802. The molecule has 1 rings (SSSR count). The summed E-state index contributed by atoms with van der Waals surface area (Å²) >= 11 is 1.76. The first-order chi connectivity index (χ1) is 6.27. The van der Waals surface area contributed by atoms with Crippen LogP contribution in [0.1, 0.15) is 18.9 Å². The quantitative estimate of drug-likeness (QED) is 0.682. The first kappa shape index (κ1) is 10.5. The number of ether oxygens (including phenoxy) is 1. The van der Waals surface area contributed by atoms with Crippen molar-refractivity contribution in [3.63, 3.8) is 0 Å². The van der Waals surface area contributed by atoms with Crippen molar-refractivity contribution in [3.05, 3.63) is 23.8 Å². The Morgan fingerprint density at radius 2 is 2.15 bits per heavy atom. The van der Waals surface area contributed by atoms with Crippen LogP contribution in [0.5, 0.6) is 5.75 Å². The molecule has 1 nitrogen and oxygen atoms in total. The lowest BCUT2D eigenvalue weighted by Gasteiger charge is -2.07. The SMILES string of the molecule is CCCOc1ccc(C)c(SC)c1. The van der Waals surface area contributed by atoms with Gasteiger partial charge in [0.1, 0.15) is 5.75 Å². The van der Waals surface area contributed by atoms with E-state index in [9.17, 15) is 0 Å². The summed E-state index contributed by atoms with van der Waals surface area (Å²) in [5.74, 6) is 0.983. The van der Waals surface area contributed by atoms with Crippen LogP contribution < -0.4 is 4.74 Å². The Hall–Kier alpha value is -0.630. The first-order valence-electron chi connectivity index (χ1n) is 4.55. The molecule has 0 saturated heterocycles. The van der Waals surface area contributed by atoms with E-state index in [0.29, 0.717) is 0 Å². The number of aryl methyl sites for hydroxylation is 1. The lowest BCUT2D eigenvalue weighted by atomic mass is 10.2. The predicted molar refractivity (Wildman–Crippen MR) is 58.7 cm³/mol. The number of hydrogen-bond donors (Lipinski definition) is 0.